The van der Waals surface area contributed by atoms with Crippen LogP contribution < -0.4 is 10.6 Å². The Morgan fingerprint density at radius 2 is 1.78 bits per heavy atom. The van der Waals surface area contributed by atoms with Crippen LogP contribution in [-0.2, 0) is 4.74 Å². The number of halogens is 1. The average molecular weight is 440 g/mol. The third kappa shape index (κ3) is 8.54. The average Bonchev–Trinajstić information content (AvgIpc) is 2.40. The molecule has 2 N–H and O–H groups in total. The third-order valence-electron chi connectivity index (χ3n) is 3.92. The number of hydrogen-bond acceptors (Lipinski definition) is 3. The quantitative estimate of drug-likeness (QED) is 0.379. The lowest BCUT2D eigenvalue weighted by Crippen LogP contribution is -2.56. The van der Waals surface area contributed by atoms with Gasteiger partial charge in [0.2, 0.25) is 0 Å². The molecule has 1 saturated heterocycles. The van der Waals surface area contributed by atoms with Gasteiger partial charge >= 0.3 is 0 Å². The Kier molecular flexibility index (Phi) is 10.7. The number of rotatable bonds is 6. The van der Waals surface area contributed by atoms with Crippen molar-refractivity contribution in [3.8, 4) is 0 Å². The molecule has 0 radical (unpaired) electrons. The van der Waals surface area contributed by atoms with Crippen LogP contribution in [0.15, 0.2) is 4.99 Å². The molecular weight excluding hydrogens is 403 g/mol. The lowest BCUT2D eigenvalue weighted by atomic mass is 10.0. The predicted octanol–water partition coefficient (Wildman–Crippen LogP) is 2.70. The molecule has 0 aromatic heterocycles. The highest BCUT2D eigenvalue weighted by atomic mass is 127. The molecule has 1 aliphatic heterocycles. The van der Waals surface area contributed by atoms with E-state index < -0.39 is 0 Å². The Balaban J connectivity index is 0.00000484. The first kappa shape index (κ1) is 22.9. The van der Waals surface area contributed by atoms with E-state index in [0.717, 1.165) is 38.7 Å². The highest BCUT2D eigenvalue weighted by Crippen LogP contribution is 2.21. The first-order valence-corrected chi connectivity index (χ1v) is 8.67. The van der Waals surface area contributed by atoms with E-state index in [2.05, 4.69) is 64.0 Å². The smallest absolute Gasteiger partial charge is 0.191 e. The van der Waals surface area contributed by atoms with E-state index in [1.54, 1.807) is 0 Å². The molecule has 2 unspecified atom stereocenters. The van der Waals surface area contributed by atoms with Gasteiger partial charge in [-0.05, 0) is 40.5 Å². The fraction of sp³-hybridized carbons (Fsp3) is 0.941. The Bertz CT molecular complexity index is 351. The number of morpholine rings is 1. The molecule has 0 aromatic rings. The molecule has 2 atom stereocenters. The van der Waals surface area contributed by atoms with Gasteiger partial charge in [-0.2, -0.15) is 0 Å². The van der Waals surface area contributed by atoms with Crippen LogP contribution in [-0.4, -0.2) is 61.3 Å². The minimum absolute atomic E-state index is 0. The van der Waals surface area contributed by atoms with Crippen LogP contribution in [0.4, 0.5) is 0 Å². The number of nitrogens with zero attached hydrogens (tertiary/aromatic N) is 2. The molecule has 6 heteroatoms. The second-order valence-electron chi connectivity index (χ2n) is 7.44. The van der Waals surface area contributed by atoms with E-state index in [1.807, 2.05) is 0 Å². The summed E-state index contributed by atoms with van der Waals surface area (Å²) in [6.45, 7) is 19.9. The van der Waals surface area contributed by atoms with Crippen molar-refractivity contribution in [3.05, 3.63) is 0 Å². The summed E-state index contributed by atoms with van der Waals surface area (Å²) in [6.07, 6.45) is 0.582. The molecule has 0 saturated carbocycles. The fourth-order valence-electron chi connectivity index (χ4n) is 2.69. The van der Waals surface area contributed by atoms with Gasteiger partial charge in [0.05, 0.1) is 18.8 Å². The summed E-state index contributed by atoms with van der Waals surface area (Å²) in [5, 5.41) is 6.74. The van der Waals surface area contributed by atoms with Gasteiger partial charge in [0.25, 0.3) is 0 Å². The highest BCUT2D eigenvalue weighted by Gasteiger charge is 2.33. The van der Waals surface area contributed by atoms with Crippen LogP contribution in [0, 0.1) is 5.92 Å². The lowest BCUT2D eigenvalue weighted by Gasteiger charge is -2.44. The van der Waals surface area contributed by atoms with E-state index in [-0.39, 0.29) is 29.5 Å². The highest BCUT2D eigenvalue weighted by molar-refractivity contribution is 14.0. The number of nitrogens with one attached hydrogen (secondary N) is 2. The van der Waals surface area contributed by atoms with Crippen LogP contribution >= 0.6 is 24.0 Å². The predicted molar refractivity (Wildman–Crippen MR) is 110 cm³/mol. The molecule has 1 rings (SSSR count). The molecule has 1 fully saturated rings. The minimum atomic E-state index is 0. The summed E-state index contributed by atoms with van der Waals surface area (Å²) in [5.41, 5.74) is 0.0342. The van der Waals surface area contributed by atoms with Gasteiger partial charge in [-0.15, -0.1) is 24.0 Å². The molecule has 1 heterocycles. The molecule has 0 amide bonds. The van der Waals surface area contributed by atoms with Crippen molar-refractivity contribution in [2.24, 2.45) is 10.9 Å². The molecular formula is C17H37IN4O. The molecule has 0 bridgehead atoms. The Hall–Kier alpha value is -0.0800. The van der Waals surface area contributed by atoms with Crippen LogP contribution in [0.1, 0.15) is 48.5 Å². The molecule has 1 aliphatic rings. The van der Waals surface area contributed by atoms with Crippen molar-refractivity contribution in [1.82, 2.24) is 15.5 Å². The van der Waals surface area contributed by atoms with Crippen molar-refractivity contribution in [2.75, 3.05) is 32.7 Å². The standard InChI is InChI=1S/C17H36N4O.HI/c1-8-18-16(19-9-13(2)3)20-12-17(6,7)21-10-14(4)22-15(5)11-21;/h13-15H,8-12H2,1-7H3,(H2,18,19,20);1H. The van der Waals surface area contributed by atoms with Crippen LogP contribution in [0.25, 0.3) is 0 Å². The maximum atomic E-state index is 5.84. The molecule has 23 heavy (non-hydrogen) atoms. The largest absolute Gasteiger partial charge is 0.373 e. The van der Waals surface area contributed by atoms with Gasteiger partial charge in [0, 0.05) is 31.7 Å². The summed E-state index contributed by atoms with van der Waals surface area (Å²) in [4.78, 5) is 7.30. The van der Waals surface area contributed by atoms with Crippen LogP contribution in [0.3, 0.4) is 0 Å². The maximum absolute atomic E-state index is 5.84. The van der Waals surface area contributed by atoms with Crippen molar-refractivity contribution in [1.29, 1.82) is 0 Å². The van der Waals surface area contributed by atoms with E-state index in [4.69, 9.17) is 9.73 Å². The molecule has 0 aliphatic carbocycles. The van der Waals surface area contributed by atoms with Crippen molar-refractivity contribution in [3.63, 3.8) is 0 Å². The third-order valence-corrected chi connectivity index (χ3v) is 3.92. The molecule has 0 aromatic carbocycles. The zero-order valence-corrected chi connectivity index (χ0v) is 18.3. The van der Waals surface area contributed by atoms with Gasteiger partial charge in [-0.25, -0.2) is 0 Å². The van der Waals surface area contributed by atoms with E-state index >= 15 is 0 Å². The number of ether oxygens (including phenoxy) is 1. The van der Waals surface area contributed by atoms with Crippen molar-refractivity contribution in [2.45, 2.75) is 66.2 Å². The van der Waals surface area contributed by atoms with Gasteiger partial charge in [-0.1, -0.05) is 13.8 Å². The number of hydrogen-bond donors (Lipinski definition) is 2. The Morgan fingerprint density at radius 3 is 2.26 bits per heavy atom. The normalized spacial score (nSPS) is 23.6. The summed E-state index contributed by atoms with van der Waals surface area (Å²) in [7, 11) is 0. The van der Waals surface area contributed by atoms with E-state index in [0.29, 0.717) is 18.1 Å². The zero-order chi connectivity index (χ0) is 16.8. The van der Waals surface area contributed by atoms with E-state index in [1.165, 1.54) is 0 Å². The summed E-state index contributed by atoms with van der Waals surface area (Å²) >= 11 is 0. The van der Waals surface area contributed by atoms with Gasteiger partial charge < -0.3 is 15.4 Å². The zero-order valence-electron chi connectivity index (χ0n) is 16.0. The number of guanidine groups is 1. The maximum Gasteiger partial charge on any atom is 0.191 e. The molecule has 0 spiro atoms. The van der Waals surface area contributed by atoms with Crippen molar-refractivity contribution < 1.29 is 4.74 Å². The van der Waals surface area contributed by atoms with Gasteiger partial charge in [-0.3, -0.25) is 9.89 Å². The Labute approximate surface area is 160 Å². The topological polar surface area (TPSA) is 48.9 Å². The SMILES string of the molecule is CCNC(=NCC(C)(C)N1CC(C)OC(C)C1)NCC(C)C.I. The molecule has 5 nitrogen and oxygen atoms in total. The Morgan fingerprint density at radius 1 is 1.22 bits per heavy atom. The minimum Gasteiger partial charge on any atom is -0.373 e. The van der Waals surface area contributed by atoms with Crippen LogP contribution in [0.5, 0.6) is 0 Å². The molecule has 138 valence electrons. The van der Waals surface area contributed by atoms with Gasteiger partial charge in [0.1, 0.15) is 0 Å². The lowest BCUT2D eigenvalue weighted by molar-refractivity contribution is -0.0939. The van der Waals surface area contributed by atoms with Crippen molar-refractivity contribution >= 4 is 29.9 Å². The summed E-state index contributed by atoms with van der Waals surface area (Å²) in [5.74, 6) is 1.52. The van der Waals surface area contributed by atoms with Gasteiger partial charge in [0.15, 0.2) is 5.96 Å². The summed E-state index contributed by atoms with van der Waals surface area (Å²) < 4.78 is 5.84. The summed E-state index contributed by atoms with van der Waals surface area (Å²) in [6, 6.07) is 0. The second kappa shape index (κ2) is 10.7. The van der Waals surface area contributed by atoms with Crippen LogP contribution in [0.2, 0.25) is 0 Å². The second-order valence-corrected chi connectivity index (χ2v) is 7.44. The van der Waals surface area contributed by atoms with E-state index in [9.17, 15) is 0 Å². The number of aliphatic imine (C=N–C) groups is 1. The fourth-order valence-corrected chi connectivity index (χ4v) is 2.69. The first-order valence-electron chi connectivity index (χ1n) is 8.67. The monoisotopic (exact) mass is 440 g/mol. The first-order chi connectivity index (χ1) is 10.2.